The minimum absolute atomic E-state index is 0.0798. The summed E-state index contributed by atoms with van der Waals surface area (Å²) in [7, 11) is -3.90. The number of hydrogen-bond acceptors (Lipinski definition) is 4. The van der Waals surface area contributed by atoms with Crippen LogP contribution in [0.5, 0.6) is 0 Å². The number of rotatable bonds is 4. The van der Waals surface area contributed by atoms with Gasteiger partial charge in [0.05, 0.1) is 24.0 Å². The molecule has 2 aromatic rings. The quantitative estimate of drug-likeness (QED) is 0.924. The van der Waals surface area contributed by atoms with Crippen LogP contribution in [0.1, 0.15) is 35.1 Å². The summed E-state index contributed by atoms with van der Waals surface area (Å²) in [6.45, 7) is 4.53. The molecule has 2 aromatic carbocycles. The standard InChI is InChI=1S/C18H19NO4S/c1-12-3-5-14(6-4-12)13(2)18(20)19-24(21,22)17-8-7-15-10-23-11-16(15)9-17/h3-9,13H,10-11H2,1-2H3,(H,19,20). The topological polar surface area (TPSA) is 72.5 Å². The number of fused-ring (bicyclic) bond motifs is 1. The Hall–Kier alpha value is -2.18. The number of carbonyl (C=O) groups is 1. The summed E-state index contributed by atoms with van der Waals surface area (Å²) in [4.78, 5) is 12.4. The summed E-state index contributed by atoms with van der Waals surface area (Å²) in [6.07, 6.45) is 0. The first-order valence-electron chi connectivity index (χ1n) is 7.69. The molecule has 0 bridgehead atoms. The van der Waals surface area contributed by atoms with Gasteiger partial charge in [-0.05, 0) is 42.7 Å². The van der Waals surface area contributed by atoms with Crippen LogP contribution in [-0.4, -0.2) is 14.3 Å². The largest absolute Gasteiger partial charge is 0.372 e. The van der Waals surface area contributed by atoms with Crippen LogP contribution in [0.2, 0.25) is 0 Å². The zero-order valence-corrected chi connectivity index (χ0v) is 14.4. The fourth-order valence-electron chi connectivity index (χ4n) is 2.60. The lowest BCUT2D eigenvalue weighted by Gasteiger charge is -2.13. The minimum atomic E-state index is -3.90. The Bertz CT molecular complexity index is 872. The first-order valence-corrected chi connectivity index (χ1v) is 9.18. The second-order valence-corrected chi connectivity index (χ2v) is 7.71. The van der Waals surface area contributed by atoms with Crippen LogP contribution in [0.25, 0.3) is 0 Å². The first kappa shape index (κ1) is 16.7. The normalized spacial score (nSPS) is 14.9. The van der Waals surface area contributed by atoms with Gasteiger partial charge < -0.3 is 4.74 Å². The van der Waals surface area contributed by atoms with Gasteiger partial charge in [0.2, 0.25) is 5.91 Å². The van der Waals surface area contributed by atoms with Crippen molar-refractivity contribution in [3.63, 3.8) is 0 Å². The van der Waals surface area contributed by atoms with E-state index >= 15 is 0 Å². The Labute approximate surface area is 141 Å². The molecule has 24 heavy (non-hydrogen) atoms. The number of nitrogens with one attached hydrogen (secondary N) is 1. The molecule has 3 rings (SSSR count). The van der Waals surface area contributed by atoms with Crippen molar-refractivity contribution < 1.29 is 17.9 Å². The molecule has 1 aliphatic rings. The zero-order chi connectivity index (χ0) is 17.3. The van der Waals surface area contributed by atoms with E-state index in [4.69, 9.17) is 4.74 Å². The molecule has 5 nitrogen and oxygen atoms in total. The number of carbonyl (C=O) groups excluding carboxylic acids is 1. The van der Waals surface area contributed by atoms with Crippen LogP contribution >= 0.6 is 0 Å². The summed E-state index contributed by atoms with van der Waals surface area (Å²) in [5.41, 5.74) is 3.68. The molecule has 1 N–H and O–H groups in total. The highest BCUT2D eigenvalue weighted by Crippen LogP contribution is 2.23. The number of benzene rings is 2. The molecule has 1 aliphatic heterocycles. The summed E-state index contributed by atoms with van der Waals surface area (Å²) >= 11 is 0. The molecular formula is C18H19NO4S. The van der Waals surface area contributed by atoms with Crippen LogP contribution in [-0.2, 0) is 32.8 Å². The molecule has 126 valence electrons. The lowest BCUT2D eigenvalue weighted by molar-refractivity contribution is -0.120. The second kappa shape index (κ2) is 6.37. The maximum atomic E-state index is 12.5. The Morgan fingerprint density at radius 1 is 1.08 bits per heavy atom. The third kappa shape index (κ3) is 3.34. The van der Waals surface area contributed by atoms with Gasteiger partial charge >= 0.3 is 0 Å². The first-order chi connectivity index (χ1) is 11.4. The van der Waals surface area contributed by atoms with Crippen LogP contribution < -0.4 is 4.72 Å². The highest BCUT2D eigenvalue weighted by atomic mass is 32.2. The van der Waals surface area contributed by atoms with Gasteiger partial charge in [-0.3, -0.25) is 4.79 Å². The third-order valence-electron chi connectivity index (χ3n) is 4.21. The highest BCUT2D eigenvalue weighted by molar-refractivity contribution is 7.90. The molecule has 0 aliphatic carbocycles. The monoisotopic (exact) mass is 345 g/mol. The maximum absolute atomic E-state index is 12.5. The number of aryl methyl sites for hydroxylation is 1. The SMILES string of the molecule is Cc1ccc(C(C)C(=O)NS(=O)(=O)c2ccc3c(c2)COC3)cc1. The molecular weight excluding hydrogens is 326 g/mol. The van der Waals surface area contributed by atoms with Crippen molar-refractivity contribution in [3.05, 3.63) is 64.7 Å². The fourth-order valence-corrected chi connectivity index (χ4v) is 3.71. The molecule has 0 aromatic heterocycles. The molecule has 0 saturated carbocycles. The molecule has 0 spiro atoms. The Balaban J connectivity index is 1.78. The average Bonchev–Trinajstić information content (AvgIpc) is 3.02. The van der Waals surface area contributed by atoms with Gasteiger partial charge in [0.25, 0.3) is 10.0 Å². The maximum Gasteiger partial charge on any atom is 0.264 e. The van der Waals surface area contributed by atoms with E-state index < -0.39 is 21.8 Å². The van der Waals surface area contributed by atoms with Gasteiger partial charge in [0.1, 0.15) is 0 Å². The van der Waals surface area contributed by atoms with Crippen LogP contribution in [0.15, 0.2) is 47.4 Å². The van der Waals surface area contributed by atoms with E-state index in [1.165, 1.54) is 6.07 Å². The number of amides is 1. The predicted molar refractivity (Wildman–Crippen MR) is 89.9 cm³/mol. The molecule has 1 unspecified atom stereocenters. The van der Waals surface area contributed by atoms with Gasteiger partial charge in [-0.15, -0.1) is 0 Å². The van der Waals surface area contributed by atoms with E-state index in [2.05, 4.69) is 4.72 Å². The van der Waals surface area contributed by atoms with Gasteiger partial charge in [0.15, 0.2) is 0 Å². The molecule has 1 atom stereocenters. The van der Waals surface area contributed by atoms with Crippen molar-refractivity contribution in [1.82, 2.24) is 4.72 Å². The fraction of sp³-hybridized carbons (Fsp3) is 0.278. The zero-order valence-electron chi connectivity index (χ0n) is 13.6. The average molecular weight is 345 g/mol. The van der Waals surface area contributed by atoms with E-state index in [0.29, 0.717) is 13.2 Å². The van der Waals surface area contributed by atoms with Crippen molar-refractivity contribution in [1.29, 1.82) is 0 Å². The van der Waals surface area contributed by atoms with Gasteiger partial charge in [-0.2, -0.15) is 0 Å². The lowest BCUT2D eigenvalue weighted by atomic mass is 10.00. The number of ether oxygens (including phenoxy) is 1. The second-order valence-electron chi connectivity index (χ2n) is 6.03. The lowest BCUT2D eigenvalue weighted by Crippen LogP contribution is -2.33. The molecule has 1 heterocycles. The van der Waals surface area contributed by atoms with E-state index in [0.717, 1.165) is 22.3 Å². The minimum Gasteiger partial charge on any atom is -0.372 e. The van der Waals surface area contributed by atoms with Gasteiger partial charge in [-0.25, -0.2) is 13.1 Å². The van der Waals surface area contributed by atoms with Crippen molar-refractivity contribution >= 4 is 15.9 Å². The summed E-state index contributed by atoms with van der Waals surface area (Å²) in [6, 6.07) is 12.2. The van der Waals surface area contributed by atoms with E-state index in [1.54, 1.807) is 19.1 Å². The summed E-state index contributed by atoms with van der Waals surface area (Å²) in [5, 5.41) is 0. The van der Waals surface area contributed by atoms with Gasteiger partial charge in [0, 0.05) is 0 Å². The molecule has 0 fully saturated rings. The highest BCUT2D eigenvalue weighted by Gasteiger charge is 2.24. The number of sulfonamides is 1. The van der Waals surface area contributed by atoms with Crippen LogP contribution in [0.4, 0.5) is 0 Å². The summed E-state index contributed by atoms with van der Waals surface area (Å²) in [5.74, 6) is -1.10. The molecule has 0 saturated heterocycles. The van der Waals surface area contributed by atoms with Crippen LogP contribution in [0, 0.1) is 6.92 Å². The third-order valence-corrected chi connectivity index (χ3v) is 5.55. The van der Waals surface area contributed by atoms with Crippen molar-refractivity contribution in [2.24, 2.45) is 0 Å². The summed E-state index contributed by atoms with van der Waals surface area (Å²) < 4.78 is 32.4. The van der Waals surface area contributed by atoms with Crippen molar-refractivity contribution in [3.8, 4) is 0 Å². The van der Waals surface area contributed by atoms with E-state index in [1.807, 2.05) is 31.2 Å². The molecule has 1 amide bonds. The van der Waals surface area contributed by atoms with E-state index in [-0.39, 0.29) is 4.90 Å². The van der Waals surface area contributed by atoms with Crippen molar-refractivity contribution in [2.75, 3.05) is 0 Å². The number of hydrogen-bond donors (Lipinski definition) is 1. The Kier molecular flexibility index (Phi) is 4.43. The Morgan fingerprint density at radius 3 is 2.46 bits per heavy atom. The predicted octanol–water partition coefficient (Wildman–Crippen LogP) is 2.63. The van der Waals surface area contributed by atoms with Gasteiger partial charge in [-0.1, -0.05) is 35.9 Å². The van der Waals surface area contributed by atoms with Crippen molar-refractivity contribution in [2.45, 2.75) is 37.9 Å². The Morgan fingerprint density at radius 2 is 1.75 bits per heavy atom. The molecule has 6 heteroatoms. The molecule has 0 radical (unpaired) electrons. The smallest absolute Gasteiger partial charge is 0.264 e. The van der Waals surface area contributed by atoms with Crippen LogP contribution in [0.3, 0.4) is 0 Å². The van der Waals surface area contributed by atoms with E-state index in [9.17, 15) is 13.2 Å².